The average Bonchev–Trinajstić information content (AvgIpc) is 2.85. The van der Waals surface area contributed by atoms with Crippen molar-refractivity contribution < 1.29 is 19.3 Å². The molecule has 3 rings (SSSR count). The van der Waals surface area contributed by atoms with Gasteiger partial charge >= 0.3 is 0 Å². The molecule has 0 bridgehead atoms. The van der Waals surface area contributed by atoms with E-state index in [2.05, 4.69) is 10.2 Å². The van der Waals surface area contributed by atoms with Crippen LogP contribution in [0, 0.1) is 0 Å². The summed E-state index contributed by atoms with van der Waals surface area (Å²) in [5.41, 5.74) is 2.44. The molecular weight excluding hydrogens is 404 g/mol. The van der Waals surface area contributed by atoms with Crippen LogP contribution in [0.3, 0.4) is 0 Å². The third kappa shape index (κ3) is 8.04. The molecule has 32 heavy (non-hydrogen) atoms. The van der Waals surface area contributed by atoms with Crippen LogP contribution in [0.2, 0.25) is 0 Å². The number of rotatable bonds is 13. The van der Waals surface area contributed by atoms with Crippen molar-refractivity contribution >= 4 is 11.4 Å². The Kier molecular flexibility index (Phi) is 9.55. The molecule has 0 spiro atoms. The molecule has 0 aromatic heterocycles. The largest absolute Gasteiger partial charge is 0.497 e. The van der Waals surface area contributed by atoms with Gasteiger partial charge in [-0.25, -0.2) is 0 Å². The quantitative estimate of drug-likeness (QED) is 0.242. The Hall–Kier alpha value is -3.38. The molecule has 0 fully saturated rings. The van der Waals surface area contributed by atoms with Gasteiger partial charge in [-0.2, -0.15) is 10.2 Å². The van der Waals surface area contributed by atoms with E-state index in [9.17, 15) is 0 Å². The predicted octanol–water partition coefficient (Wildman–Crippen LogP) is 6.62. The van der Waals surface area contributed by atoms with Gasteiger partial charge < -0.3 is 19.3 Å². The Bertz CT molecular complexity index is 939. The highest BCUT2D eigenvalue weighted by molar-refractivity contribution is 5.44. The zero-order valence-electron chi connectivity index (χ0n) is 18.4. The SMILES string of the molecule is COc1ccc(N=Nc2ccc(OCCCCCCOc3ccc(CO)cc3)cc2)cc1. The van der Waals surface area contributed by atoms with Crippen LogP contribution in [0.4, 0.5) is 11.4 Å². The lowest BCUT2D eigenvalue weighted by atomic mass is 10.2. The van der Waals surface area contributed by atoms with Crippen LogP contribution in [0.15, 0.2) is 83.0 Å². The molecule has 0 radical (unpaired) electrons. The van der Waals surface area contributed by atoms with E-state index in [0.29, 0.717) is 13.2 Å². The number of aliphatic hydroxyl groups excluding tert-OH is 1. The van der Waals surface area contributed by atoms with Crippen molar-refractivity contribution in [1.82, 2.24) is 0 Å². The second-order valence-corrected chi connectivity index (χ2v) is 7.31. The topological polar surface area (TPSA) is 72.6 Å². The van der Waals surface area contributed by atoms with Crippen molar-refractivity contribution in [3.8, 4) is 17.2 Å². The lowest BCUT2D eigenvalue weighted by Crippen LogP contribution is -2.00. The minimum absolute atomic E-state index is 0.0578. The van der Waals surface area contributed by atoms with Gasteiger partial charge in [0.05, 0.1) is 38.3 Å². The molecule has 0 atom stereocenters. The maximum Gasteiger partial charge on any atom is 0.119 e. The van der Waals surface area contributed by atoms with Gasteiger partial charge in [-0.15, -0.1) is 0 Å². The monoisotopic (exact) mass is 434 g/mol. The summed E-state index contributed by atoms with van der Waals surface area (Å²) in [6, 6.07) is 22.6. The van der Waals surface area contributed by atoms with Crippen LogP contribution < -0.4 is 14.2 Å². The van der Waals surface area contributed by atoms with Gasteiger partial charge in [0.25, 0.3) is 0 Å². The first-order valence-electron chi connectivity index (χ1n) is 10.9. The summed E-state index contributed by atoms with van der Waals surface area (Å²) in [5, 5.41) is 17.5. The average molecular weight is 435 g/mol. The van der Waals surface area contributed by atoms with Gasteiger partial charge in [0, 0.05) is 0 Å². The Labute approximate surface area is 189 Å². The molecule has 3 aromatic rings. The fraction of sp³-hybridized carbons (Fsp3) is 0.308. The third-order valence-electron chi connectivity index (χ3n) is 4.87. The van der Waals surface area contributed by atoms with Gasteiger partial charge in [-0.1, -0.05) is 12.1 Å². The smallest absolute Gasteiger partial charge is 0.119 e. The van der Waals surface area contributed by atoms with Gasteiger partial charge in [0.2, 0.25) is 0 Å². The number of methoxy groups -OCH3 is 1. The van der Waals surface area contributed by atoms with E-state index < -0.39 is 0 Å². The van der Waals surface area contributed by atoms with E-state index in [1.807, 2.05) is 72.8 Å². The Morgan fingerprint density at radius 3 is 1.47 bits per heavy atom. The van der Waals surface area contributed by atoms with Crippen molar-refractivity contribution in [1.29, 1.82) is 0 Å². The Morgan fingerprint density at radius 2 is 1.03 bits per heavy atom. The molecule has 0 amide bonds. The molecule has 0 aliphatic carbocycles. The van der Waals surface area contributed by atoms with Crippen LogP contribution in [0.25, 0.3) is 0 Å². The highest BCUT2D eigenvalue weighted by Gasteiger charge is 1.98. The zero-order valence-corrected chi connectivity index (χ0v) is 18.4. The maximum absolute atomic E-state index is 9.04. The first-order valence-corrected chi connectivity index (χ1v) is 10.9. The number of benzene rings is 3. The number of aliphatic hydroxyl groups is 1. The molecule has 3 aromatic carbocycles. The van der Waals surface area contributed by atoms with Gasteiger partial charge in [-0.05, 0) is 91.9 Å². The van der Waals surface area contributed by atoms with Gasteiger partial charge in [0.15, 0.2) is 0 Å². The molecule has 0 aliphatic heterocycles. The zero-order chi connectivity index (χ0) is 22.4. The highest BCUT2D eigenvalue weighted by Crippen LogP contribution is 2.23. The standard InChI is InChI=1S/C26H30N2O4/c1-30-24-14-8-22(9-15-24)27-28-23-10-16-26(17-11-23)32-19-5-3-2-4-18-31-25-12-6-21(20-29)7-13-25/h6-17,29H,2-5,18-20H2,1H3. The van der Waals surface area contributed by atoms with Crippen molar-refractivity contribution in [2.75, 3.05) is 20.3 Å². The number of hydrogen-bond acceptors (Lipinski definition) is 6. The minimum Gasteiger partial charge on any atom is -0.497 e. The van der Waals surface area contributed by atoms with Crippen molar-refractivity contribution in [2.24, 2.45) is 10.2 Å². The molecule has 1 N–H and O–H groups in total. The van der Waals surface area contributed by atoms with Crippen molar-refractivity contribution in [3.05, 3.63) is 78.4 Å². The van der Waals surface area contributed by atoms with Gasteiger partial charge in [0.1, 0.15) is 17.2 Å². The molecule has 168 valence electrons. The number of hydrogen-bond donors (Lipinski definition) is 1. The number of azo groups is 1. The van der Waals surface area contributed by atoms with E-state index in [4.69, 9.17) is 19.3 Å². The Balaban J connectivity index is 1.27. The van der Waals surface area contributed by atoms with Crippen LogP contribution in [0.5, 0.6) is 17.2 Å². The number of ether oxygens (including phenoxy) is 3. The molecule has 0 heterocycles. The Morgan fingerprint density at radius 1 is 0.594 bits per heavy atom. The lowest BCUT2D eigenvalue weighted by Gasteiger charge is -2.08. The summed E-state index contributed by atoms with van der Waals surface area (Å²) >= 11 is 0. The van der Waals surface area contributed by atoms with Gasteiger partial charge in [-0.3, -0.25) is 0 Å². The van der Waals surface area contributed by atoms with E-state index in [1.165, 1.54) is 0 Å². The van der Waals surface area contributed by atoms with E-state index >= 15 is 0 Å². The number of unbranched alkanes of at least 4 members (excludes halogenated alkanes) is 3. The first kappa shape index (κ1) is 23.3. The summed E-state index contributed by atoms with van der Waals surface area (Å²) in [4.78, 5) is 0. The van der Waals surface area contributed by atoms with Crippen molar-refractivity contribution in [2.45, 2.75) is 32.3 Å². The molecule has 6 nitrogen and oxygen atoms in total. The van der Waals surface area contributed by atoms with Crippen LogP contribution >= 0.6 is 0 Å². The predicted molar refractivity (Wildman–Crippen MR) is 125 cm³/mol. The van der Waals surface area contributed by atoms with Crippen molar-refractivity contribution in [3.63, 3.8) is 0 Å². The maximum atomic E-state index is 9.04. The molecule has 0 unspecified atom stereocenters. The van der Waals surface area contributed by atoms with E-state index in [0.717, 1.165) is 59.9 Å². The van der Waals surface area contributed by atoms with E-state index in [1.54, 1.807) is 7.11 Å². The summed E-state index contributed by atoms with van der Waals surface area (Å²) in [7, 11) is 1.64. The molecule has 0 aliphatic rings. The lowest BCUT2D eigenvalue weighted by molar-refractivity contribution is 0.280. The summed E-state index contributed by atoms with van der Waals surface area (Å²) < 4.78 is 16.7. The first-order chi connectivity index (χ1) is 15.8. The molecular formula is C26H30N2O4. The number of nitrogens with zero attached hydrogens (tertiary/aromatic N) is 2. The summed E-state index contributed by atoms with van der Waals surface area (Å²) in [5.74, 6) is 2.48. The normalized spacial score (nSPS) is 10.9. The second-order valence-electron chi connectivity index (χ2n) is 7.31. The van der Waals surface area contributed by atoms with Crippen LogP contribution in [0.1, 0.15) is 31.2 Å². The second kappa shape index (κ2) is 13.1. The molecule has 0 saturated heterocycles. The summed E-state index contributed by atoms with van der Waals surface area (Å²) in [6.45, 7) is 1.45. The third-order valence-corrected chi connectivity index (χ3v) is 4.87. The molecule has 0 saturated carbocycles. The van der Waals surface area contributed by atoms with E-state index in [-0.39, 0.29) is 6.61 Å². The summed E-state index contributed by atoms with van der Waals surface area (Å²) in [6.07, 6.45) is 4.21. The minimum atomic E-state index is 0.0578. The fourth-order valence-corrected chi connectivity index (χ4v) is 3.00. The highest BCUT2D eigenvalue weighted by atomic mass is 16.5. The fourth-order valence-electron chi connectivity index (χ4n) is 3.00. The molecule has 6 heteroatoms. The van der Waals surface area contributed by atoms with Crippen LogP contribution in [-0.2, 0) is 6.61 Å². The van der Waals surface area contributed by atoms with Crippen LogP contribution in [-0.4, -0.2) is 25.4 Å².